The van der Waals surface area contributed by atoms with Crippen LogP contribution in [0.2, 0.25) is 0 Å². The Balaban J connectivity index is 1.54. The van der Waals surface area contributed by atoms with E-state index in [4.69, 9.17) is 0 Å². The third-order valence-corrected chi connectivity index (χ3v) is 5.38. The van der Waals surface area contributed by atoms with E-state index < -0.39 is 0 Å². The molecule has 0 atom stereocenters. The average Bonchev–Trinajstić information content (AvgIpc) is 2.79. The van der Waals surface area contributed by atoms with E-state index in [0.29, 0.717) is 0 Å². The lowest BCUT2D eigenvalue weighted by atomic mass is 9.96. The van der Waals surface area contributed by atoms with Crippen molar-refractivity contribution in [3.05, 3.63) is 130 Å². The van der Waals surface area contributed by atoms with E-state index in [9.17, 15) is 0 Å². The molecule has 0 fully saturated rings. The molecule has 0 unspecified atom stereocenters. The quantitative estimate of drug-likeness (QED) is 0.302. The minimum absolute atomic E-state index is 1.22. The van der Waals surface area contributed by atoms with Crippen LogP contribution in [0, 0.1) is 13.8 Å². The van der Waals surface area contributed by atoms with Crippen LogP contribution in [0.3, 0.4) is 0 Å². The Morgan fingerprint density at radius 1 is 0.433 bits per heavy atom. The molecule has 0 spiro atoms. The lowest BCUT2D eigenvalue weighted by Crippen LogP contribution is -1.87. The molecule has 0 nitrogen and oxygen atoms in total. The van der Waals surface area contributed by atoms with Crippen molar-refractivity contribution >= 4 is 24.3 Å². The van der Waals surface area contributed by atoms with Crippen molar-refractivity contribution in [1.29, 1.82) is 0 Å². The van der Waals surface area contributed by atoms with E-state index in [0.717, 1.165) is 0 Å². The van der Waals surface area contributed by atoms with Gasteiger partial charge in [0.15, 0.2) is 0 Å². The summed E-state index contributed by atoms with van der Waals surface area (Å²) in [4.78, 5) is 0. The Morgan fingerprint density at radius 3 is 1.20 bits per heavy atom. The van der Waals surface area contributed by atoms with Crippen LogP contribution in [0.5, 0.6) is 0 Å². The van der Waals surface area contributed by atoms with E-state index in [-0.39, 0.29) is 0 Å². The summed E-state index contributed by atoms with van der Waals surface area (Å²) in [5, 5.41) is 0. The zero-order chi connectivity index (χ0) is 20.8. The fraction of sp³-hybridized carbons (Fsp3) is 0.0667. The zero-order valence-electron chi connectivity index (χ0n) is 17.5. The third-order valence-electron chi connectivity index (χ3n) is 5.38. The molecule has 30 heavy (non-hydrogen) atoms. The third kappa shape index (κ3) is 4.85. The summed E-state index contributed by atoms with van der Waals surface area (Å²) in [6.07, 6.45) is 8.72. The van der Waals surface area contributed by atoms with Crippen LogP contribution >= 0.6 is 0 Å². The molecule has 4 aromatic carbocycles. The van der Waals surface area contributed by atoms with Crippen molar-refractivity contribution in [1.82, 2.24) is 0 Å². The molecule has 0 aliphatic heterocycles. The summed E-state index contributed by atoms with van der Waals surface area (Å²) in [6, 6.07) is 34.2. The minimum atomic E-state index is 1.22. The van der Waals surface area contributed by atoms with Gasteiger partial charge in [0.1, 0.15) is 0 Å². The lowest BCUT2D eigenvalue weighted by Gasteiger charge is -2.09. The molecular weight excluding hydrogens is 360 g/mol. The highest BCUT2D eigenvalue weighted by Gasteiger charge is 2.03. The maximum atomic E-state index is 2.28. The molecule has 0 heterocycles. The van der Waals surface area contributed by atoms with Crippen LogP contribution in [-0.2, 0) is 0 Å². The number of hydrogen-bond donors (Lipinski definition) is 0. The second-order valence-corrected chi connectivity index (χ2v) is 7.63. The average molecular weight is 387 g/mol. The second-order valence-electron chi connectivity index (χ2n) is 7.63. The standard InChI is InChI=1S/C30H26/c1-23-21-29(19-17-27(23)15-13-25-9-5-3-6-10-25)30-20-18-28(24(2)22-30)16-14-26-11-7-4-8-12-26/h3-22H,1-2H3. The van der Waals surface area contributed by atoms with Crippen molar-refractivity contribution in [2.45, 2.75) is 13.8 Å². The molecule has 0 amide bonds. The van der Waals surface area contributed by atoms with Gasteiger partial charge in [-0.3, -0.25) is 0 Å². The Bertz CT molecular complexity index is 1080. The smallest absolute Gasteiger partial charge is 0.0181 e. The molecule has 0 bridgehead atoms. The topological polar surface area (TPSA) is 0 Å². The van der Waals surface area contributed by atoms with Crippen LogP contribution < -0.4 is 0 Å². The van der Waals surface area contributed by atoms with E-state index in [1.807, 2.05) is 12.1 Å². The van der Waals surface area contributed by atoms with Crippen LogP contribution in [0.25, 0.3) is 35.4 Å². The number of rotatable bonds is 5. The molecular formula is C30H26. The van der Waals surface area contributed by atoms with Gasteiger partial charge in [-0.15, -0.1) is 0 Å². The summed E-state index contributed by atoms with van der Waals surface area (Å²) >= 11 is 0. The fourth-order valence-electron chi connectivity index (χ4n) is 3.58. The van der Waals surface area contributed by atoms with Crippen molar-refractivity contribution in [2.75, 3.05) is 0 Å². The van der Waals surface area contributed by atoms with Gasteiger partial charge in [0, 0.05) is 0 Å². The van der Waals surface area contributed by atoms with Gasteiger partial charge in [-0.2, -0.15) is 0 Å². The highest BCUT2D eigenvalue weighted by molar-refractivity contribution is 5.76. The maximum Gasteiger partial charge on any atom is -0.0181 e. The van der Waals surface area contributed by atoms with E-state index >= 15 is 0 Å². The van der Waals surface area contributed by atoms with Gasteiger partial charge >= 0.3 is 0 Å². The number of benzene rings is 4. The van der Waals surface area contributed by atoms with Crippen molar-refractivity contribution in [3.63, 3.8) is 0 Å². The van der Waals surface area contributed by atoms with Gasteiger partial charge in [-0.05, 0) is 58.4 Å². The molecule has 0 heteroatoms. The van der Waals surface area contributed by atoms with Crippen LogP contribution in [0.4, 0.5) is 0 Å². The Hall–Kier alpha value is -3.64. The summed E-state index contributed by atoms with van der Waals surface area (Å²) in [5.41, 5.74) is 10.0. The Labute approximate surface area is 179 Å². The van der Waals surface area contributed by atoms with E-state index in [1.54, 1.807) is 0 Å². The molecule has 0 aliphatic rings. The van der Waals surface area contributed by atoms with Crippen LogP contribution in [0.15, 0.2) is 97.1 Å². The molecule has 0 saturated carbocycles. The Morgan fingerprint density at radius 2 is 0.833 bits per heavy atom. The highest BCUT2D eigenvalue weighted by atomic mass is 14.1. The zero-order valence-corrected chi connectivity index (χ0v) is 17.5. The van der Waals surface area contributed by atoms with Gasteiger partial charge in [0.2, 0.25) is 0 Å². The lowest BCUT2D eigenvalue weighted by molar-refractivity contribution is 1.41. The molecule has 0 aliphatic carbocycles. The monoisotopic (exact) mass is 386 g/mol. The summed E-state index contributed by atoms with van der Waals surface area (Å²) in [7, 11) is 0. The molecule has 0 radical (unpaired) electrons. The molecule has 0 N–H and O–H groups in total. The predicted octanol–water partition coefficient (Wildman–Crippen LogP) is 8.31. The fourth-order valence-corrected chi connectivity index (χ4v) is 3.58. The SMILES string of the molecule is Cc1cc(-c2ccc(C=Cc3ccccc3)c(C)c2)ccc1C=Cc1ccccc1. The van der Waals surface area contributed by atoms with Gasteiger partial charge < -0.3 is 0 Å². The first-order valence-corrected chi connectivity index (χ1v) is 10.4. The molecule has 0 aromatic heterocycles. The van der Waals surface area contributed by atoms with Crippen molar-refractivity contribution < 1.29 is 0 Å². The van der Waals surface area contributed by atoms with E-state index in [1.165, 1.54) is 44.5 Å². The van der Waals surface area contributed by atoms with Gasteiger partial charge in [-0.1, -0.05) is 121 Å². The number of aryl methyl sites for hydroxylation is 2. The maximum absolute atomic E-state index is 2.28. The first-order valence-electron chi connectivity index (χ1n) is 10.4. The predicted molar refractivity (Wildman–Crippen MR) is 132 cm³/mol. The van der Waals surface area contributed by atoms with Crippen LogP contribution in [-0.4, -0.2) is 0 Å². The second kappa shape index (κ2) is 9.24. The van der Waals surface area contributed by atoms with Gasteiger partial charge in [0.05, 0.1) is 0 Å². The summed E-state index contributed by atoms with van der Waals surface area (Å²) in [6.45, 7) is 4.36. The Kier molecular flexibility index (Phi) is 6.06. The number of hydrogen-bond acceptors (Lipinski definition) is 0. The normalized spacial score (nSPS) is 11.4. The van der Waals surface area contributed by atoms with Crippen molar-refractivity contribution in [3.8, 4) is 11.1 Å². The van der Waals surface area contributed by atoms with Gasteiger partial charge in [-0.25, -0.2) is 0 Å². The summed E-state index contributed by atoms with van der Waals surface area (Å²) < 4.78 is 0. The molecule has 0 saturated heterocycles. The first kappa shape index (κ1) is 19.7. The summed E-state index contributed by atoms with van der Waals surface area (Å²) in [5.74, 6) is 0. The minimum Gasteiger partial charge on any atom is -0.0622 e. The molecule has 4 aromatic rings. The highest BCUT2D eigenvalue weighted by Crippen LogP contribution is 2.26. The molecule has 146 valence electrons. The van der Waals surface area contributed by atoms with Crippen LogP contribution in [0.1, 0.15) is 33.4 Å². The van der Waals surface area contributed by atoms with E-state index in [2.05, 4.69) is 123 Å². The van der Waals surface area contributed by atoms with Gasteiger partial charge in [0.25, 0.3) is 0 Å². The largest absolute Gasteiger partial charge is 0.0622 e. The molecule has 4 rings (SSSR count). The first-order chi connectivity index (χ1) is 14.7. The van der Waals surface area contributed by atoms with Crippen molar-refractivity contribution in [2.24, 2.45) is 0 Å².